The fourth-order valence-corrected chi connectivity index (χ4v) is 1.63. The van der Waals surface area contributed by atoms with Gasteiger partial charge < -0.3 is 11.1 Å². The molecule has 1 amide bonds. The Hall–Kier alpha value is -1.89. The van der Waals surface area contributed by atoms with Gasteiger partial charge in [-0.05, 0) is 22.0 Å². The third-order valence-corrected chi connectivity index (χ3v) is 2.52. The quantitative estimate of drug-likeness (QED) is 0.877. The van der Waals surface area contributed by atoms with Gasteiger partial charge in [-0.3, -0.25) is 9.48 Å². The fraction of sp³-hybridized carbons (Fsp3) is 0.100. The van der Waals surface area contributed by atoms with Gasteiger partial charge in [-0.15, -0.1) is 0 Å². The van der Waals surface area contributed by atoms with E-state index in [1.165, 1.54) is 6.20 Å². The predicted octanol–water partition coefficient (Wildman–Crippen LogP) is 1.41. The number of amides is 1. The van der Waals surface area contributed by atoms with E-state index in [1.54, 1.807) is 30.1 Å². The first-order valence-electron chi connectivity index (χ1n) is 4.78. The maximum absolute atomic E-state index is 11.9. The molecule has 0 aliphatic heterocycles. The van der Waals surface area contributed by atoms with E-state index in [2.05, 4.69) is 31.3 Å². The molecule has 0 unspecified atom stereocenters. The van der Waals surface area contributed by atoms with E-state index in [4.69, 9.17) is 5.73 Å². The average Bonchev–Trinajstić information content (AvgIpc) is 2.67. The van der Waals surface area contributed by atoms with Crippen LogP contribution in [0.5, 0.6) is 0 Å². The van der Waals surface area contributed by atoms with Crippen molar-refractivity contribution in [2.75, 3.05) is 11.1 Å². The highest BCUT2D eigenvalue weighted by Gasteiger charge is 2.12. The van der Waals surface area contributed by atoms with E-state index in [0.717, 1.165) is 0 Å². The fourth-order valence-electron chi connectivity index (χ4n) is 1.30. The van der Waals surface area contributed by atoms with Crippen molar-refractivity contribution < 1.29 is 4.79 Å². The molecule has 0 spiro atoms. The van der Waals surface area contributed by atoms with Gasteiger partial charge in [0.1, 0.15) is 5.82 Å². The molecule has 17 heavy (non-hydrogen) atoms. The summed E-state index contributed by atoms with van der Waals surface area (Å²) >= 11 is 3.24. The highest BCUT2D eigenvalue weighted by molar-refractivity contribution is 9.10. The number of nitrogens with two attached hydrogens (primary N) is 1. The monoisotopic (exact) mass is 295 g/mol. The second-order valence-corrected chi connectivity index (χ2v) is 4.33. The smallest absolute Gasteiger partial charge is 0.260 e. The van der Waals surface area contributed by atoms with E-state index in [0.29, 0.717) is 15.9 Å². The zero-order valence-electron chi connectivity index (χ0n) is 9.01. The Morgan fingerprint density at radius 2 is 2.35 bits per heavy atom. The van der Waals surface area contributed by atoms with Crippen LogP contribution in [0.1, 0.15) is 10.4 Å². The minimum atomic E-state index is -0.338. The van der Waals surface area contributed by atoms with Crippen molar-refractivity contribution in [1.82, 2.24) is 14.8 Å². The number of rotatable bonds is 2. The van der Waals surface area contributed by atoms with Gasteiger partial charge in [-0.2, -0.15) is 5.10 Å². The molecule has 3 N–H and O–H groups in total. The second kappa shape index (κ2) is 4.54. The molecular formula is C10H10BrN5O. The van der Waals surface area contributed by atoms with Gasteiger partial charge in [-0.1, -0.05) is 0 Å². The summed E-state index contributed by atoms with van der Waals surface area (Å²) < 4.78 is 2.29. The molecule has 0 radical (unpaired) electrons. The van der Waals surface area contributed by atoms with Crippen molar-refractivity contribution >= 4 is 33.5 Å². The first-order chi connectivity index (χ1) is 8.06. The topological polar surface area (TPSA) is 85.8 Å². The molecule has 0 aromatic carbocycles. The summed E-state index contributed by atoms with van der Waals surface area (Å²) in [5.74, 6) is 0.313. The number of anilines is 2. The van der Waals surface area contributed by atoms with Crippen LogP contribution in [0.2, 0.25) is 0 Å². The molecule has 6 nitrogen and oxygen atoms in total. The lowest BCUT2D eigenvalue weighted by Gasteiger charge is -2.04. The summed E-state index contributed by atoms with van der Waals surface area (Å²) in [5, 5.41) is 6.68. The summed E-state index contributed by atoms with van der Waals surface area (Å²) in [6.07, 6.45) is 3.27. The van der Waals surface area contributed by atoms with Crippen LogP contribution in [0.3, 0.4) is 0 Å². The van der Waals surface area contributed by atoms with Crippen molar-refractivity contribution in [3.63, 3.8) is 0 Å². The maximum atomic E-state index is 11.9. The van der Waals surface area contributed by atoms with Crippen LogP contribution in [0.4, 0.5) is 11.6 Å². The van der Waals surface area contributed by atoms with Gasteiger partial charge in [0.25, 0.3) is 5.91 Å². The first kappa shape index (κ1) is 11.6. The summed E-state index contributed by atoms with van der Waals surface area (Å²) in [7, 11) is 1.77. The molecular weight excluding hydrogens is 286 g/mol. The molecule has 7 heteroatoms. The normalized spacial score (nSPS) is 10.2. The molecule has 0 atom stereocenters. The number of nitrogen functional groups attached to an aromatic ring is 1. The lowest BCUT2D eigenvalue weighted by atomic mass is 10.2. The van der Waals surface area contributed by atoms with E-state index in [9.17, 15) is 4.79 Å². The lowest BCUT2D eigenvalue weighted by molar-refractivity contribution is 0.102. The summed E-state index contributed by atoms with van der Waals surface area (Å²) in [5.41, 5.74) is 5.94. The molecule has 2 aromatic rings. The van der Waals surface area contributed by atoms with Crippen molar-refractivity contribution in [1.29, 1.82) is 0 Å². The zero-order chi connectivity index (χ0) is 12.4. The largest absolute Gasteiger partial charge is 0.383 e. The molecule has 0 aliphatic carbocycles. The zero-order valence-corrected chi connectivity index (χ0v) is 10.6. The molecule has 0 aliphatic rings. The van der Waals surface area contributed by atoms with Gasteiger partial charge in [0.05, 0.1) is 5.56 Å². The number of hydrogen-bond acceptors (Lipinski definition) is 4. The minimum Gasteiger partial charge on any atom is -0.383 e. The van der Waals surface area contributed by atoms with Gasteiger partial charge in [0, 0.05) is 30.0 Å². The van der Waals surface area contributed by atoms with Gasteiger partial charge in [0.15, 0.2) is 5.82 Å². The Balaban J connectivity index is 2.22. The molecule has 0 bridgehead atoms. The Morgan fingerprint density at radius 3 is 3.00 bits per heavy atom. The first-order valence-corrected chi connectivity index (χ1v) is 5.57. The number of halogens is 1. The van der Waals surface area contributed by atoms with Crippen LogP contribution in [-0.4, -0.2) is 20.7 Å². The van der Waals surface area contributed by atoms with E-state index < -0.39 is 0 Å². The van der Waals surface area contributed by atoms with Gasteiger partial charge in [0.2, 0.25) is 0 Å². The van der Waals surface area contributed by atoms with Crippen molar-refractivity contribution in [3.05, 3.63) is 34.6 Å². The molecule has 2 aromatic heterocycles. The number of carbonyl (C=O) groups is 1. The third-order valence-electron chi connectivity index (χ3n) is 2.08. The third kappa shape index (κ3) is 2.62. The Morgan fingerprint density at radius 1 is 1.59 bits per heavy atom. The number of aryl methyl sites for hydroxylation is 1. The van der Waals surface area contributed by atoms with Crippen LogP contribution in [-0.2, 0) is 7.05 Å². The summed E-state index contributed by atoms with van der Waals surface area (Å²) in [6.45, 7) is 0. The number of pyridine rings is 1. The molecule has 2 heterocycles. The highest BCUT2D eigenvalue weighted by Crippen LogP contribution is 2.16. The average molecular weight is 296 g/mol. The second-order valence-electron chi connectivity index (χ2n) is 3.42. The Bertz CT molecular complexity index is 566. The van der Waals surface area contributed by atoms with Crippen LogP contribution < -0.4 is 11.1 Å². The van der Waals surface area contributed by atoms with E-state index in [-0.39, 0.29) is 11.7 Å². The minimum absolute atomic E-state index is 0.182. The van der Waals surface area contributed by atoms with Crippen molar-refractivity contribution in [3.8, 4) is 0 Å². The van der Waals surface area contributed by atoms with Crippen LogP contribution in [0.15, 0.2) is 29.0 Å². The van der Waals surface area contributed by atoms with E-state index in [1.807, 2.05) is 0 Å². The number of nitrogens with one attached hydrogen (secondary N) is 1. The Labute approximate surface area is 106 Å². The SMILES string of the molecule is Cn1ccc(NC(=O)c2cc(Br)cnc2N)n1. The van der Waals surface area contributed by atoms with Crippen LogP contribution >= 0.6 is 15.9 Å². The number of aromatic nitrogens is 3. The predicted molar refractivity (Wildman–Crippen MR) is 67.5 cm³/mol. The van der Waals surface area contributed by atoms with Gasteiger partial charge >= 0.3 is 0 Å². The number of hydrogen-bond donors (Lipinski definition) is 2. The standard InChI is InChI=1S/C10H10BrN5O/c1-16-3-2-8(15-16)14-10(17)7-4-6(11)5-13-9(7)12/h2-5H,1H3,(H2,12,13)(H,14,15,17). The molecule has 0 saturated carbocycles. The van der Waals surface area contributed by atoms with Gasteiger partial charge in [-0.25, -0.2) is 4.98 Å². The number of carbonyl (C=O) groups excluding carboxylic acids is 1. The number of nitrogens with zero attached hydrogens (tertiary/aromatic N) is 3. The molecule has 0 fully saturated rings. The maximum Gasteiger partial charge on any atom is 0.260 e. The van der Waals surface area contributed by atoms with E-state index >= 15 is 0 Å². The van der Waals surface area contributed by atoms with Crippen molar-refractivity contribution in [2.45, 2.75) is 0 Å². The summed E-state index contributed by atoms with van der Waals surface area (Å²) in [6, 6.07) is 3.31. The van der Waals surface area contributed by atoms with Crippen LogP contribution in [0.25, 0.3) is 0 Å². The lowest BCUT2D eigenvalue weighted by Crippen LogP contribution is -2.15. The highest BCUT2D eigenvalue weighted by atomic mass is 79.9. The summed E-state index contributed by atoms with van der Waals surface area (Å²) in [4.78, 5) is 15.8. The van der Waals surface area contributed by atoms with Crippen molar-refractivity contribution in [2.24, 2.45) is 7.05 Å². The molecule has 0 saturated heterocycles. The molecule has 2 rings (SSSR count). The molecule has 88 valence electrons. The Kier molecular flexibility index (Phi) is 3.10. The van der Waals surface area contributed by atoms with Crippen LogP contribution in [0, 0.1) is 0 Å².